The Bertz CT molecular complexity index is 766. The predicted octanol–water partition coefficient (Wildman–Crippen LogP) is 13.9. The van der Waals surface area contributed by atoms with Crippen LogP contribution in [0.1, 0.15) is 246 Å². The zero-order chi connectivity index (χ0) is 37.5. The molecular formula is C45H86O6. The van der Waals surface area contributed by atoms with Gasteiger partial charge in [0.05, 0.1) is 0 Å². The first-order valence-corrected chi connectivity index (χ1v) is 22.4. The lowest BCUT2D eigenvalue weighted by molar-refractivity contribution is -0.167. The molecule has 1 atom stereocenters. The molecule has 0 N–H and O–H groups in total. The lowest BCUT2D eigenvalue weighted by atomic mass is 10.0. The number of rotatable bonds is 40. The highest BCUT2D eigenvalue weighted by Crippen LogP contribution is 2.16. The van der Waals surface area contributed by atoms with E-state index in [4.69, 9.17) is 14.2 Å². The number of unbranched alkanes of at least 4 members (excludes halogenated alkanes) is 27. The van der Waals surface area contributed by atoms with Gasteiger partial charge in [0.1, 0.15) is 13.2 Å². The van der Waals surface area contributed by atoms with Crippen LogP contribution >= 0.6 is 0 Å². The van der Waals surface area contributed by atoms with Crippen LogP contribution in [0.2, 0.25) is 0 Å². The van der Waals surface area contributed by atoms with Crippen LogP contribution in [0, 0.1) is 5.92 Å². The summed E-state index contributed by atoms with van der Waals surface area (Å²) in [4.78, 5) is 37.3. The molecule has 0 amide bonds. The van der Waals surface area contributed by atoms with Crippen LogP contribution in [0.5, 0.6) is 0 Å². The molecule has 0 saturated carbocycles. The fourth-order valence-electron chi connectivity index (χ4n) is 6.63. The van der Waals surface area contributed by atoms with Gasteiger partial charge in [0, 0.05) is 19.3 Å². The second kappa shape index (κ2) is 39.6. The van der Waals surface area contributed by atoms with Crippen LogP contribution in [-0.2, 0) is 28.6 Å². The van der Waals surface area contributed by atoms with Crippen LogP contribution in [0.25, 0.3) is 0 Å². The zero-order valence-electron chi connectivity index (χ0n) is 34.6. The number of carbonyl (C=O) groups is 3. The Morgan fingerprint density at radius 1 is 0.373 bits per heavy atom. The first kappa shape index (κ1) is 49.4. The van der Waals surface area contributed by atoms with Gasteiger partial charge in [0.15, 0.2) is 6.10 Å². The summed E-state index contributed by atoms with van der Waals surface area (Å²) in [6.45, 7) is 8.91. The maximum absolute atomic E-state index is 12.6. The molecule has 0 heterocycles. The van der Waals surface area contributed by atoms with E-state index >= 15 is 0 Å². The molecule has 0 saturated heterocycles. The molecule has 0 aliphatic rings. The summed E-state index contributed by atoms with van der Waals surface area (Å²) in [5.74, 6) is -0.0200. The molecule has 0 fully saturated rings. The van der Waals surface area contributed by atoms with Crippen molar-refractivity contribution in [3.63, 3.8) is 0 Å². The Morgan fingerprint density at radius 2 is 0.647 bits per heavy atom. The van der Waals surface area contributed by atoms with Crippen LogP contribution in [0.15, 0.2) is 0 Å². The first-order chi connectivity index (χ1) is 24.9. The van der Waals surface area contributed by atoms with Gasteiger partial charge in [0.25, 0.3) is 0 Å². The van der Waals surface area contributed by atoms with Crippen LogP contribution in [0.4, 0.5) is 0 Å². The van der Waals surface area contributed by atoms with Gasteiger partial charge < -0.3 is 14.2 Å². The molecule has 0 aliphatic carbocycles. The summed E-state index contributed by atoms with van der Waals surface area (Å²) in [6.07, 6.45) is 38.4. The SMILES string of the molecule is CCCCCCCCCCCC(=O)OC[C@@H](COC(=O)CCCCCCC)OC(=O)CCCCCCCCCCCCCCCCCCC(C)C. The zero-order valence-corrected chi connectivity index (χ0v) is 34.6. The summed E-state index contributed by atoms with van der Waals surface area (Å²) in [5.41, 5.74) is 0. The Hall–Kier alpha value is -1.59. The van der Waals surface area contributed by atoms with E-state index in [0.717, 1.165) is 70.1 Å². The van der Waals surface area contributed by atoms with E-state index in [1.54, 1.807) is 0 Å². The van der Waals surface area contributed by atoms with Gasteiger partial charge in [-0.05, 0) is 25.2 Å². The van der Waals surface area contributed by atoms with E-state index in [2.05, 4.69) is 27.7 Å². The van der Waals surface area contributed by atoms with Gasteiger partial charge in [0.2, 0.25) is 0 Å². The van der Waals surface area contributed by atoms with Crippen LogP contribution in [-0.4, -0.2) is 37.2 Å². The van der Waals surface area contributed by atoms with Crippen molar-refractivity contribution >= 4 is 17.9 Å². The molecule has 0 unspecified atom stereocenters. The minimum Gasteiger partial charge on any atom is -0.462 e. The minimum atomic E-state index is -0.756. The average Bonchev–Trinajstić information content (AvgIpc) is 3.11. The van der Waals surface area contributed by atoms with Crippen LogP contribution in [0.3, 0.4) is 0 Å². The maximum atomic E-state index is 12.6. The monoisotopic (exact) mass is 723 g/mol. The maximum Gasteiger partial charge on any atom is 0.306 e. The largest absolute Gasteiger partial charge is 0.462 e. The number of hydrogen-bond acceptors (Lipinski definition) is 6. The highest BCUT2D eigenvalue weighted by Gasteiger charge is 2.19. The number of esters is 3. The van der Waals surface area contributed by atoms with Gasteiger partial charge in [-0.2, -0.15) is 0 Å². The number of carbonyl (C=O) groups excluding carboxylic acids is 3. The summed E-state index contributed by atoms with van der Waals surface area (Å²) in [5, 5.41) is 0. The number of ether oxygens (including phenoxy) is 3. The molecule has 6 heteroatoms. The summed E-state index contributed by atoms with van der Waals surface area (Å²) in [7, 11) is 0. The van der Waals surface area contributed by atoms with E-state index in [-0.39, 0.29) is 31.1 Å². The van der Waals surface area contributed by atoms with E-state index in [1.165, 1.54) is 135 Å². The highest BCUT2D eigenvalue weighted by molar-refractivity contribution is 5.71. The summed E-state index contributed by atoms with van der Waals surface area (Å²) in [6, 6.07) is 0. The highest BCUT2D eigenvalue weighted by atomic mass is 16.6. The van der Waals surface area contributed by atoms with Crippen molar-refractivity contribution in [1.82, 2.24) is 0 Å². The molecule has 0 aliphatic heterocycles. The van der Waals surface area contributed by atoms with E-state index in [9.17, 15) is 14.4 Å². The molecule has 0 aromatic carbocycles. The van der Waals surface area contributed by atoms with Crippen molar-refractivity contribution in [3.8, 4) is 0 Å². The molecular weight excluding hydrogens is 636 g/mol. The molecule has 0 aromatic rings. The van der Waals surface area contributed by atoms with Crippen molar-refractivity contribution < 1.29 is 28.6 Å². The fraction of sp³-hybridized carbons (Fsp3) is 0.933. The first-order valence-electron chi connectivity index (χ1n) is 22.4. The Morgan fingerprint density at radius 3 is 0.961 bits per heavy atom. The van der Waals surface area contributed by atoms with Crippen molar-refractivity contribution in [2.75, 3.05) is 13.2 Å². The van der Waals surface area contributed by atoms with Crippen molar-refractivity contribution in [2.45, 2.75) is 252 Å². The van der Waals surface area contributed by atoms with Gasteiger partial charge >= 0.3 is 17.9 Å². The van der Waals surface area contributed by atoms with E-state index in [0.29, 0.717) is 19.3 Å². The molecule has 0 aromatic heterocycles. The lowest BCUT2D eigenvalue weighted by Crippen LogP contribution is -2.30. The second-order valence-electron chi connectivity index (χ2n) is 15.8. The smallest absolute Gasteiger partial charge is 0.306 e. The Kier molecular flexibility index (Phi) is 38.4. The van der Waals surface area contributed by atoms with Crippen molar-refractivity contribution in [1.29, 1.82) is 0 Å². The third-order valence-electron chi connectivity index (χ3n) is 10.0. The third kappa shape index (κ3) is 39.5. The van der Waals surface area contributed by atoms with Gasteiger partial charge in [-0.15, -0.1) is 0 Å². The average molecular weight is 723 g/mol. The molecule has 6 nitrogen and oxygen atoms in total. The molecule has 51 heavy (non-hydrogen) atoms. The van der Waals surface area contributed by atoms with Crippen molar-refractivity contribution in [3.05, 3.63) is 0 Å². The lowest BCUT2D eigenvalue weighted by Gasteiger charge is -2.18. The quantitative estimate of drug-likeness (QED) is 0.0356. The molecule has 0 rings (SSSR count). The fourth-order valence-corrected chi connectivity index (χ4v) is 6.63. The summed E-state index contributed by atoms with van der Waals surface area (Å²) < 4.78 is 16.6. The number of hydrogen-bond donors (Lipinski definition) is 0. The normalized spacial score (nSPS) is 11.9. The molecule has 0 spiro atoms. The van der Waals surface area contributed by atoms with Gasteiger partial charge in [-0.25, -0.2) is 0 Å². The van der Waals surface area contributed by atoms with Gasteiger partial charge in [-0.1, -0.05) is 207 Å². The van der Waals surface area contributed by atoms with E-state index in [1.807, 2.05) is 0 Å². The van der Waals surface area contributed by atoms with Gasteiger partial charge in [-0.3, -0.25) is 14.4 Å². The standard InChI is InChI=1S/C45H86O6/c1-5-7-9-11-12-21-25-29-33-37-44(47)50-40-42(39-49-43(46)36-32-27-10-8-6-2)51-45(48)38-34-30-26-23-20-18-16-14-13-15-17-19-22-24-28-31-35-41(3)4/h41-42H,5-40H2,1-4H3/t42-/m1/s1. The molecule has 0 radical (unpaired) electrons. The Balaban J connectivity index is 4.11. The minimum absolute atomic E-state index is 0.0651. The predicted molar refractivity (Wildman–Crippen MR) is 215 cm³/mol. The van der Waals surface area contributed by atoms with Crippen LogP contribution < -0.4 is 0 Å². The van der Waals surface area contributed by atoms with Crippen molar-refractivity contribution in [2.24, 2.45) is 5.92 Å². The molecule has 0 bridgehead atoms. The Labute approximate surface area is 317 Å². The second-order valence-corrected chi connectivity index (χ2v) is 15.8. The third-order valence-corrected chi connectivity index (χ3v) is 10.0. The topological polar surface area (TPSA) is 78.9 Å². The summed E-state index contributed by atoms with van der Waals surface area (Å²) >= 11 is 0. The molecule has 302 valence electrons. The van der Waals surface area contributed by atoms with E-state index < -0.39 is 6.10 Å².